The third-order valence-corrected chi connectivity index (χ3v) is 20.8. The van der Waals surface area contributed by atoms with Crippen molar-refractivity contribution in [3.63, 3.8) is 0 Å². The summed E-state index contributed by atoms with van der Waals surface area (Å²) >= 11 is 0. The second-order valence-corrected chi connectivity index (χ2v) is 27.9. The van der Waals surface area contributed by atoms with Gasteiger partial charge in [0.25, 0.3) is 0 Å². The van der Waals surface area contributed by atoms with Crippen LogP contribution < -0.4 is 0 Å². The molecule has 0 aliphatic carbocycles. The van der Waals surface area contributed by atoms with Gasteiger partial charge in [0.15, 0.2) is 34.9 Å². The van der Waals surface area contributed by atoms with E-state index in [4.69, 9.17) is 39.9 Å². The van der Waals surface area contributed by atoms with Crippen molar-refractivity contribution in [3.8, 4) is 135 Å². The Labute approximate surface area is 637 Å². The molecule has 20 rings (SSSR count). The zero-order valence-electron chi connectivity index (χ0n) is 60.4. The fourth-order valence-electron chi connectivity index (χ4n) is 15.0. The van der Waals surface area contributed by atoms with E-state index in [0.717, 1.165) is 122 Å². The normalized spacial score (nSPS) is 11.4. The number of fused-ring (bicyclic) bond motifs is 8. The second-order valence-electron chi connectivity index (χ2n) is 27.9. The highest BCUT2D eigenvalue weighted by Gasteiger charge is 2.21. The first kappa shape index (κ1) is 66.1. The molecule has 0 spiro atoms. The second kappa shape index (κ2) is 28.7. The summed E-state index contributed by atoms with van der Waals surface area (Å²) in [5.41, 5.74) is 23.3. The topological polar surface area (TPSA) is 103 Å². The number of nitrogens with zero attached hydrogens (tertiary/aromatic N) is 8. The Morgan fingerprint density at radius 1 is 0.164 bits per heavy atom. The lowest BCUT2D eigenvalue weighted by atomic mass is 9.91. The molecule has 0 fully saturated rings. The van der Waals surface area contributed by atoms with Crippen molar-refractivity contribution < 1.29 is 0 Å². The van der Waals surface area contributed by atoms with Gasteiger partial charge in [-0.1, -0.05) is 351 Å². The Morgan fingerprint density at radius 2 is 0.445 bits per heavy atom. The SMILES string of the molecule is Cc1ccc(-c2nc(-c3ccc(C)cc3)nc(-c3ccc(-c4ccc5nc(-c6ccccc6)c6cccc(-c7ccccc7)c6c5c4)cc3)n2)cc1.c1ccc(-c2nc3ccc(-c4ccc(-c5nc(-c6ccc7ccccc7c6)nc(-c6ccc7ccccc7c6)n5)cc4)cc3c3c(-c4ccccc4)cccc23)cc1. The minimum Gasteiger partial charge on any atom is -0.247 e. The van der Waals surface area contributed by atoms with Crippen molar-refractivity contribution in [1.29, 1.82) is 0 Å². The average Bonchev–Trinajstić information content (AvgIpc) is 0.750. The molecule has 0 N–H and O–H groups in total. The zero-order chi connectivity index (χ0) is 73.4. The highest BCUT2D eigenvalue weighted by Crippen LogP contribution is 2.43. The molecule has 8 heteroatoms. The Hall–Kier alpha value is -14.6. The molecule has 0 radical (unpaired) electrons. The molecule has 0 atom stereocenters. The summed E-state index contributed by atoms with van der Waals surface area (Å²) in [6.07, 6.45) is 0. The van der Waals surface area contributed by atoms with Crippen molar-refractivity contribution in [2.75, 3.05) is 0 Å². The first-order valence-electron chi connectivity index (χ1n) is 37.1. The molecule has 16 aromatic carbocycles. The lowest BCUT2D eigenvalue weighted by molar-refractivity contribution is 1.07. The van der Waals surface area contributed by atoms with Crippen LogP contribution in [0.2, 0.25) is 0 Å². The standard InChI is InChI=1S/C54H34N4.C48H34N4/c1-3-14-38(15-4-1)46-20-11-21-47-50(46)48-34-43(30-31-49(48)55-51(47)39-16-5-2-6-17-39)37-22-26-40(27-23-37)52-56-53(44-28-24-35-12-7-9-18-41(35)32-44)58-54(57-52)45-29-25-36-13-8-10-19-42(36)33-45;1-31-16-20-36(21-17-31)46-50-47(37-22-18-32(2)19-23-37)52-48(51-46)38-26-24-33(25-27-38)39-28-29-43-42(30-39)44-40(34-10-5-3-6-11-34)14-9-15-41(44)45(49-43)35-12-7-4-8-13-35/h1-34H;3-30H,1-2H3. The molecule has 516 valence electrons. The zero-order valence-corrected chi connectivity index (χ0v) is 60.4. The Bertz CT molecular complexity index is 6700. The van der Waals surface area contributed by atoms with Crippen molar-refractivity contribution >= 4 is 64.9 Å². The van der Waals surface area contributed by atoms with Gasteiger partial charge in [-0.2, -0.15) is 0 Å². The molecular formula is C102H68N8. The minimum absolute atomic E-state index is 0.627. The Balaban J connectivity index is 0.000000150. The van der Waals surface area contributed by atoms with E-state index in [-0.39, 0.29) is 0 Å². The lowest BCUT2D eigenvalue weighted by Crippen LogP contribution is -2.00. The van der Waals surface area contributed by atoms with Gasteiger partial charge in [0.2, 0.25) is 0 Å². The number of pyridine rings is 2. The minimum atomic E-state index is 0.627. The summed E-state index contributed by atoms with van der Waals surface area (Å²) in [5.74, 6) is 3.86. The van der Waals surface area contributed by atoms with E-state index >= 15 is 0 Å². The number of aromatic nitrogens is 8. The molecule has 20 aromatic rings. The van der Waals surface area contributed by atoms with E-state index in [1.54, 1.807) is 0 Å². The molecule has 0 bridgehead atoms. The predicted molar refractivity (Wildman–Crippen MR) is 455 cm³/mol. The third kappa shape index (κ3) is 13.0. The molecule has 4 aromatic heterocycles. The van der Waals surface area contributed by atoms with E-state index in [0.29, 0.717) is 34.9 Å². The van der Waals surface area contributed by atoms with Gasteiger partial charge in [-0.25, -0.2) is 39.9 Å². The van der Waals surface area contributed by atoms with E-state index in [9.17, 15) is 0 Å². The number of hydrogen-bond acceptors (Lipinski definition) is 8. The molecule has 4 heterocycles. The molecule has 0 aliphatic heterocycles. The molecule has 0 saturated carbocycles. The summed E-state index contributed by atoms with van der Waals surface area (Å²) in [6.45, 7) is 4.17. The number of rotatable bonds is 12. The van der Waals surface area contributed by atoms with Crippen LogP contribution in [0, 0.1) is 13.8 Å². The third-order valence-electron chi connectivity index (χ3n) is 20.8. The van der Waals surface area contributed by atoms with Crippen molar-refractivity contribution in [3.05, 3.63) is 387 Å². The summed E-state index contributed by atoms with van der Waals surface area (Å²) in [6, 6.07) is 132. The summed E-state index contributed by atoms with van der Waals surface area (Å²) in [5, 5.41) is 11.5. The van der Waals surface area contributed by atoms with E-state index < -0.39 is 0 Å². The maximum atomic E-state index is 5.27. The van der Waals surface area contributed by atoms with Crippen molar-refractivity contribution in [2.24, 2.45) is 0 Å². The van der Waals surface area contributed by atoms with Crippen molar-refractivity contribution in [1.82, 2.24) is 39.9 Å². The highest BCUT2D eigenvalue weighted by atomic mass is 15.0. The first-order valence-corrected chi connectivity index (χ1v) is 37.1. The van der Waals surface area contributed by atoms with Gasteiger partial charge in [0, 0.05) is 76.8 Å². The molecule has 110 heavy (non-hydrogen) atoms. The average molecular weight is 1410 g/mol. The van der Waals surface area contributed by atoms with Gasteiger partial charge >= 0.3 is 0 Å². The summed E-state index contributed by atoms with van der Waals surface area (Å²) < 4.78 is 0. The van der Waals surface area contributed by atoms with E-state index in [2.05, 4.69) is 378 Å². The summed E-state index contributed by atoms with van der Waals surface area (Å²) in [7, 11) is 0. The fraction of sp³-hybridized carbons (Fsp3) is 0.0196. The van der Waals surface area contributed by atoms with Gasteiger partial charge in [-0.05, 0) is 116 Å². The van der Waals surface area contributed by atoms with Crippen LogP contribution in [-0.2, 0) is 0 Å². The van der Waals surface area contributed by atoms with Crippen LogP contribution in [0.15, 0.2) is 376 Å². The molecule has 0 amide bonds. The largest absolute Gasteiger partial charge is 0.247 e. The molecular weight excluding hydrogens is 1340 g/mol. The molecule has 0 aliphatic rings. The monoisotopic (exact) mass is 1400 g/mol. The van der Waals surface area contributed by atoms with E-state index in [1.807, 2.05) is 12.1 Å². The molecule has 8 nitrogen and oxygen atoms in total. The van der Waals surface area contributed by atoms with Gasteiger partial charge in [0.1, 0.15) is 0 Å². The van der Waals surface area contributed by atoms with Crippen LogP contribution in [0.25, 0.3) is 200 Å². The number of benzene rings is 16. The van der Waals surface area contributed by atoms with E-state index in [1.165, 1.54) is 54.9 Å². The fourth-order valence-corrected chi connectivity index (χ4v) is 15.0. The Kier molecular flexibility index (Phi) is 17.2. The Morgan fingerprint density at radius 3 is 0.800 bits per heavy atom. The quantitative estimate of drug-likeness (QED) is 0.111. The summed E-state index contributed by atoms with van der Waals surface area (Å²) in [4.78, 5) is 40.6. The van der Waals surface area contributed by atoms with Gasteiger partial charge < -0.3 is 0 Å². The molecule has 0 saturated heterocycles. The lowest BCUT2D eigenvalue weighted by Gasteiger charge is -2.15. The maximum absolute atomic E-state index is 5.27. The maximum Gasteiger partial charge on any atom is 0.164 e. The van der Waals surface area contributed by atoms with Crippen LogP contribution in [0.4, 0.5) is 0 Å². The van der Waals surface area contributed by atoms with Gasteiger partial charge in [0.05, 0.1) is 22.4 Å². The van der Waals surface area contributed by atoms with Crippen LogP contribution in [-0.4, -0.2) is 39.9 Å². The van der Waals surface area contributed by atoms with Crippen molar-refractivity contribution in [2.45, 2.75) is 13.8 Å². The predicted octanol–water partition coefficient (Wildman–Crippen LogP) is 26.1. The van der Waals surface area contributed by atoms with Crippen LogP contribution in [0.5, 0.6) is 0 Å². The van der Waals surface area contributed by atoms with Gasteiger partial charge in [-0.3, -0.25) is 0 Å². The van der Waals surface area contributed by atoms with Gasteiger partial charge in [-0.15, -0.1) is 0 Å². The van der Waals surface area contributed by atoms with Crippen LogP contribution in [0.3, 0.4) is 0 Å². The highest BCUT2D eigenvalue weighted by molar-refractivity contribution is 6.19. The number of hydrogen-bond donors (Lipinski definition) is 0. The molecule has 0 unspecified atom stereocenters. The van der Waals surface area contributed by atoms with Crippen LogP contribution >= 0.6 is 0 Å². The first-order chi connectivity index (χ1) is 54.3. The van der Waals surface area contributed by atoms with Crippen LogP contribution in [0.1, 0.15) is 11.1 Å². The number of aryl methyl sites for hydroxylation is 2. The smallest absolute Gasteiger partial charge is 0.164 e.